The van der Waals surface area contributed by atoms with E-state index in [1.165, 1.54) is 49.7 Å². The normalized spacial score (nSPS) is 28.8. The van der Waals surface area contributed by atoms with Crippen molar-refractivity contribution < 1.29 is 37.9 Å². The summed E-state index contributed by atoms with van der Waals surface area (Å²) in [4.78, 5) is 0. The lowest BCUT2D eigenvalue weighted by atomic mass is 9.95. The van der Waals surface area contributed by atoms with Gasteiger partial charge in [0, 0.05) is 11.1 Å². The minimum Gasteiger partial charge on any atom is -0.494 e. The molecule has 7 rings (SSSR count). The molecule has 8 heteroatoms. The van der Waals surface area contributed by atoms with E-state index in [-0.39, 0.29) is 36.6 Å². The lowest BCUT2D eigenvalue weighted by Gasteiger charge is -2.42. The van der Waals surface area contributed by atoms with Crippen molar-refractivity contribution in [1.82, 2.24) is 0 Å². The van der Waals surface area contributed by atoms with Crippen LogP contribution in [0.2, 0.25) is 0 Å². The highest BCUT2D eigenvalue weighted by Crippen LogP contribution is 2.41. The quantitative estimate of drug-likeness (QED) is 0.136. The zero-order chi connectivity index (χ0) is 35.5. The zero-order valence-corrected chi connectivity index (χ0v) is 31.1. The van der Waals surface area contributed by atoms with Gasteiger partial charge >= 0.3 is 0 Å². The SMILES string of the molecule is CCCCCCOc1ccc([C@H]2CC[C@@H]3O[C@H](c4ccc([C@@H]5OC[C@H]6O[C@@H](c7ccc(OCCCCCC)cc7)CC[C@@H]6O5)cc4)OC[C@H]3O2)cc1. The molecule has 0 amide bonds. The summed E-state index contributed by atoms with van der Waals surface area (Å²) < 4.78 is 50.1. The highest BCUT2D eigenvalue weighted by Gasteiger charge is 2.40. The van der Waals surface area contributed by atoms with Crippen molar-refractivity contribution in [2.45, 2.75) is 140 Å². The third-order valence-corrected chi connectivity index (χ3v) is 10.9. The molecule has 4 fully saturated rings. The summed E-state index contributed by atoms with van der Waals surface area (Å²) in [7, 11) is 0. The summed E-state index contributed by atoms with van der Waals surface area (Å²) in [6, 6.07) is 25.0. The first-order valence-electron chi connectivity index (χ1n) is 20.1. The molecule has 4 aliphatic heterocycles. The predicted octanol–water partition coefficient (Wildman–Crippen LogP) is 10.3. The van der Waals surface area contributed by atoms with Crippen LogP contribution in [0.1, 0.15) is 138 Å². The Morgan fingerprint density at radius 1 is 0.442 bits per heavy atom. The van der Waals surface area contributed by atoms with Crippen molar-refractivity contribution in [3.8, 4) is 11.5 Å². The zero-order valence-electron chi connectivity index (χ0n) is 31.1. The van der Waals surface area contributed by atoms with Crippen LogP contribution in [0, 0.1) is 0 Å². The molecule has 8 nitrogen and oxygen atoms in total. The molecule has 0 spiro atoms. The molecular weight excluding hydrogens is 656 g/mol. The van der Waals surface area contributed by atoms with Crippen molar-refractivity contribution in [3.63, 3.8) is 0 Å². The van der Waals surface area contributed by atoms with E-state index < -0.39 is 12.6 Å². The molecule has 0 radical (unpaired) electrons. The molecule has 3 aromatic carbocycles. The Morgan fingerprint density at radius 3 is 1.25 bits per heavy atom. The van der Waals surface area contributed by atoms with Gasteiger partial charge in [-0.2, -0.15) is 0 Å². The lowest BCUT2D eigenvalue weighted by Crippen LogP contribution is -2.46. The second kappa shape index (κ2) is 18.9. The fourth-order valence-corrected chi connectivity index (χ4v) is 7.75. The molecule has 3 aromatic rings. The summed E-state index contributed by atoms with van der Waals surface area (Å²) in [6.45, 7) is 7.00. The van der Waals surface area contributed by atoms with Crippen LogP contribution in [0.4, 0.5) is 0 Å². The minimum absolute atomic E-state index is 0.00377. The maximum atomic E-state index is 6.49. The molecule has 0 N–H and O–H groups in total. The molecule has 0 saturated carbocycles. The fourth-order valence-electron chi connectivity index (χ4n) is 7.75. The van der Waals surface area contributed by atoms with Crippen LogP contribution in [0.3, 0.4) is 0 Å². The monoisotopic (exact) mass is 714 g/mol. The van der Waals surface area contributed by atoms with Gasteiger partial charge in [0.15, 0.2) is 12.6 Å². The summed E-state index contributed by atoms with van der Waals surface area (Å²) >= 11 is 0. The summed E-state index contributed by atoms with van der Waals surface area (Å²) in [6.07, 6.45) is 12.4. The first kappa shape index (κ1) is 37.3. The summed E-state index contributed by atoms with van der Waals surface area (Å²) in [5.74, 6) is 1.84. The average molecular weight is 715 g/mol. The number of hydrogen-bond acceptors (Lipinski definition) is 8. The van der Waals surface area contributed by atoms with Gasteiger partial charge in [0.2, 0.25) is 0 Å². The van der Waals surface area contributed by atoms with Gasteiger partial charge in [-0.1, -0.05) is 101 Å². The Labute approximate surface area is 310 Å². The third-order valence-electron chi connectivity index (χ3n) is 10.9. The number of ether oxygens (including phenoxy) is 8. The Kier molecular flexibility index (Phi) is 13.5. The lowest BCUT2D eigenvalue weighted by molar-refractivity contribution is -0.290. The van der Waals surface area contributed by atoms with Crippen LogP contribution in [-0.4, -0.2) is 50.8 Å². The molecule has 0 unspecified atom stereocenters. The van der Waals surface area contributed by atoms with E-state index in [9.17, 15) is 0 Å². The van der Waals surface area contributed by atoms with E-state index in [4.69, 9.17) is 37.9 Å². The fraction of sp³-hybridized carbons (Fsp3) is 0.591. The Morgan fingerprint density at radius 2 is 0.846 bits per heavy atom. The molecule has 4 aliphatic rings. The minimum atomic E-state index is -0.420. The molecule has 4 heterocycles. The second-order valence-electron chi connectivity index (χ2n) is 14.8. The highest BCUT2D eigenvalue weighted by molar-refractivity contribution is 5.30. The molecule has 0 aromatic heterocycles. The first-order valence-corrected chi connectivity index (χ1v) is 20.1. The predicted molar refractivity (Wildman–Crippen MR) is 199 cm³/mol. The van der Waals surface area contributed by atoms with Crippen molar-refractivity contribution in [2.24, 2.45) is 0 Å². The van der Waals surface area contributed by atoms with E-state index in [1.807, 2.05) is 0 Å². The molecule has 0 bridgehead atoms. The Hall–Kier alpha value is -2.98. The number of benzene rings is 3. The van der Waals surface area contributed by atoms with Crippen LogP contribution in [-0.2, 0) is 28.4 Å². The van der Waals surface area contributed by atoms with Crippen LogP contribution >= 0.6 is 0 Å². The largest absolute Gasteiger partial charge is 0.494 e. The van der Waals surface area contributed by atoms with Gasteiger partial charge in [0.05, 0.1) is 50.8 Å². The van der Waals surface area contributed by atoms with Gasteiger partial charge in [0.1, 0.15) is 23.7 Å². The van der Waals surface area contributed by atoms with Crippen LogP contribution in [0.25, 0.3) is 0 Å². The Bertz CT molecular complexity index is 1370. The van der Waals surface area contributed by atoms with E-state index in [2.05, 4.69) is 86.6 Å². The Balaban J connectivity index is 0.838. The number of unbranched alkanes of at least 4 members (excludes halogenated alkanes) is 6. The van der Waals surface area contributed by atoms with E-state index in [0.29, 0.717) is 13.2 Å². The van der Waals surface area contributed by atoms with E-state index in [0.717, 1.165) is 74.4 Å². The molecule has 8 atom stereocenters. The van der Waals surface area contributed by atoms with Gasteiger partial charge in [-0.25, -0.2) is 0 Å². The van der Waals surface area contributed by atoms with Gasteiger partial charge in [0.25, 0.3) is 0 Å². The maximum Gasteiger partial charge on any atom is 0.184 e. The van der Waals surface area contributed by atoms with Gasteiger partial charge < -0.3 is 37.9 Å². The number of rotatable bonds is 16. The number of fused-ring (bicyclic) bond motifs is 2. The summed E-state index contributed by atoms with van der Waals surface area (Å²) in [5.41, 5.74) is 4.33. The standard InChI is InChI=1S/C44H58O8/c1-3-5-7-9-27-45-35-19-15-31(16-20-35)37-23-25-39-41(49-37)29-47-43(51-39)33-11-13-34(14-12-33)44-48-30-42-40(52-44)26-24-38(50-42)32-17-21-36(22-18-32)46-28-10-8-6-4-2/h11-22,37-44H,3-10,23-30H2,1-2H3/t37-,38-,39+,40+,41-,42-,43-,44-/m1/s1. The molecule has 4 saturated heterocycles. The van der Waals surface area contributed by atoms with E-state index in [1.54, 1.807) is 0 Å². The molecular formula is C44H58O8. The maximum absolute atomic E-state index is 6.49. The topological polar surface area (TPSA) is 73.8 Å². The molecule has 0 aliphatic carbocycles. The van der Waals surface area contributed by atoms with Crippen molar-refractivity contribution in [2.75, 3.05) is 26.4 Å². The van der Waals surface area contributed by atoms with Crippen molar-refractivity contribution in [3.05, 3.63) is 95.1 Å². The molecule has 282 valence electrons. The van der Waals surface area contributed by atoms with Crippen molar-refractivity contribution >= 4 is 0 Å². The van der Waals surface area contributed by atoms with E-state index >= 15 is 0 Å². The van der Waals surface area contributed by atoms with Gasteiger partial charge in [-0.3, -0.25) is 0 Å². The summed E-state index contributed by atoms with van der Waals surface area (Å²) in [5, 5.41) is 0. The smallest absolute Gasteiger partial charge is 0.184 e. The highest BCUT2D eigenvalue weighted by atomic mass is 16.7. The number of hydrogen-bond donors (Lipinski definition) is 0. The van der Waals surface area contributed by atoms with Gasteiger partial charge in [-0.05, 0) is 73.9 Å². The third kappa shape index (κ3) is 9.76. The van der Waals surface area contributed by atoms with Crippen LogP contribution in [0.15, 0.2) is 72.8 Å². The van der Waals surface area contributed by atoms with Gasteiger partial charge in [-0.15, -0.1) is 0 Å². The molecule has 52 heavy (non-hydrogen) atoms. The van der Waals surface area contributed by atoms with Crippen LogP contribution in [0.5, 0.6) is 11.5 Å². The first-order chi connectivity index (χ1) is 25.7. The van der Waals surface area contributed by atoms with Crippen molar-refractivity contribution in [1.29, 1.82) is 0 Å². The second-order valence-corrected chi connectivity index (χ2v) is 14.8. The average Bonchev–Trinajstić information content (AvgIpc) is 3.20. The van der Waals surface area contributed by atoms with Crippen LogP contribution < -0.4 is 9.47 Å².